The third kappa shape index (κ3) is 2.27. The molecule has 4 saturated carbocycles. The summed E-state index contributed by atoms with van der Waals surface area (Å²) in [5.41, 5.74) is -0.315. The number of nitrogens with one attached hydrogen (secondary N) is 1. The SMILES string of the molecule is C[C@@]12CC[C@@H](O)C[C@@H]1CC[C@H]1[C@H]2C[C@H](O)[C@@]2(C)[C@H](C3=CC(=O)NC3)CC[C@@]12O. The van der Waals surface area contributed by atoms with Gasteiger partial charge in [-0.15, -0.1) is 0 Å². The molecule has 1 amide bonds. The van der Waals surface area contributed by atoms with Crippen LogP contribution in [0.25, 0.3) is 0 Å². The molecule has 0 aromatic carbocycles. The molecule has 5 rings (SSSR count). The first kappa shape index (κ1) is 19.1. The Bertz CT molecular complexity index is 721. The van der Waals surface area contributed by atoms with Crippen molar-refractivity contribution in [2.24, 2.45) is 34.5 Å². The molecule has 4 N–H and O–H groups in total. The van der Waals surface area contributed by atoms with E-state index in [1.165, 1.54) is 0 Å². The largest absolute Gasteiger partial charge is 0.393 e. The molecule has 5 nitrogen and oxygen atoms in total. The molecule has 0 radical (unpaired) electrons. The van der Waals surface area contributed by atoms with Gasteiger partial charge in [0.05, 0.1) is 17.8 Å². The fourth-order valence-corrected chi connectivity index (χ4v) is 8.46. The monoisotopic (exact) mass is 389 g/mol. The lowest BCUT2D eigenvalue weighted by atomic mass is 9.42. The summed E-state index contributed by atoms with van der Waals surface area (Å²) < 4.78 is 0. The predicted molar refractivity (Wildman–Crippen MR) is 105 cm³/mol. The van der Waals surface area contributed by atoms with E-state index in [9.17, 15) is 20.1 Å². The van der Waals surface area contributed by atoms with Crippen molar-refractivity contribution in [1.29, 1.82) is 0 Å². The van der Waals surface area contributed by atoms with E-state index in [2.05, 4.69) is 19.2 Å². The second kappa shape index (κ2) is 6.05. The van der Waals surface area contributed by atoms with Gasteiger partial charge in [0.25, 0.3) is 0 Å². The second-order valence-corrected chi connectivity index (χ2v) is 10.9. The normalized spacial score (nSPS) is 55.8. The predicted octanol–water partition coefficient (Wildman–Crippen LogP) is 2.15. The van der Waals surface area contributed by atoms with Crippen LogP contribution in [-0.2, 0) is 4.79 Å². The number of hydrogen-bond donors (Lipinski definition) is 4. The van der Waals surface area contributed by atoms with Gasteiger partial charge in [0.2, 0.25) is 5.91 Å². The first-order chi connectivity index (χ1) is 13.2. The molecule has 5 heteroatoms. The lowest BCUT2D eigenvalue weighted by molar-refractivity contribution is -0.244. The number of amides is 1. The summed E-state index contributed by atoms with van der Waals surface area (Å²) in [6.07, 6.45) is 7.98. The second-order valence-electron chi connectivity index (χ2n) is 10.9. The zero-order chi connectivity index (χ0) is 19.9. The Morgan fingerprint density at radius 2 is 1.82 bits per heavy atom. The number of fused-ring (bicyclic) bond motifs is 5. The van der Waals surface area contributed by atoms with E-state index in [-0.39, 0.29) is 29.3 Å². The zero-order valence-electron chi connectivity index (χ0n) is 17.2. The van der Waals surface area contributed by atoms with Gasteiger partial charge in [0.15, 0.2) is 0 Å². The highest BCUT2D eigenvalue weighted by Crippen LogP contribution is 2.69. The van der Waals surface area contributed by atoms with Crippen molar-refractivity contribution in [3.05, 3.63) is 11.6 Å². The standard InChI is InChI=1S/C23H35NO4/c1-21-7-5-15(25)10-14(21)3-4-17-18(21)11-19(26)22(2)16(6-8-23(17,22)28)13-9-20(27)24-12-13/h9,14-19,25-26,28H,3-8,10-12H2,1-2H3,(H,24,27)/t14-,15+,16-,17-,18+,19-,21+,22+,23+/m0/s1. The van der Waals surface area contributed by atoms with Crippen molar-refractivity contribution < 1.29 is 20.1 Å². The van der Waals surface area contributed by atoms with E-state index in [4.69, 9.17) is 0 Å². The molecular formula is C23H35NO4. The zero-order valence-corrected chi connectivity index (χ0v) is 17.2. The molecule has 0 aromatic heterocycles. The van der Waals surface area contributed by atoms with Gasteiger partial charge >= 0.3 is 0 Å². The topological polar surface area (TPSA) is 89.8 Å². The minimum Gasteiger partial charge on any atom is -0.393 e. The summed E-state index contributed by atoms with van der Waals surface area (Å²) in [6.45, 7) is 4.98. The highest BCUT2D eigenvalue weighted by Gasteiger charge is 2.70. The van der Waals surface area contributed by atoms with Gasteiger partial charge in [0.1, 0.15) is 0 Å². The fraction of sp³-hybridized carbons (Fsp3) is 0.870. The molecule has 1 heterocycles. The minimum atomic E-state index is -0.878. The molecule has 1 aliphatic heterocycles. The molecule has 9 atom stereocenters. The van der Waals surface area contributed by atoms with Gasteiger partial charge in [-0.3, -0.25) is 4.79 Å². The van der Waals surface area contributed by atoms with Crippen molar-refractivity contribution in [3.63, 3.8) is 0 Å². The van der Waals surface area contributed by atoms with Gasteiger partial charge in [-0.05, 0) is 86.0 Å². The molecule has 156 valence electrons. The molecule has 28 heavy (non-hydrogen) atoms. The maximum atomic E-state index is 12.1. The van der Waals surface area contributed by atoms with Crippen molar-refractivity contribution in [1.82, 2.24) is 5.32 Å². The molecule has 4 aliphatic carbocycles. The lowest BCUT2D eigenvalue weighted by Gasteiger charge is -2.65. The summed E-state index contributed by atoms with van der Waals surface area (Å²) in [7, 11) is 0. The fourth-order valence-electron chi connectivity index (χ4n) is 8.46. The van der Waals surface area contributed by atoms with Crippen LogP contribution in [-0.4, -0.2) is 45.6 Å². The van der Waals surface area contributed by atoms with Crippen LogP contribution < -0.4 is 5.32 Å². The smallest absolute Gasteiger partial charge is 0.244 e. The Hall–Kier alpha value is -0.910. The molecule has 0 spiro atoms. The summed E-state index contributed by atoms with van der Waals surface area (Å²) in [4.78, 5) is 11.8. The van der Waals surface area contributed by atoms with Crippen LogP contribution in [0.2, 0.25) is 0 Å². The van der Waals surface area contributed by atoms with E-state index >= 15 is 0 Å². The van der Waals surface area contributed by atoms with E-state index < -0.39 is 17.1 Å². The molecule has 5 aliphatic rings. The van der Waals surface area contributed by atoms with E-state index in [1.54, 1.807) is 6.08 Å². The molecule has 0 saturated heterocycles. The van der Waals surface area contributed by atoms with Gasteiger partial charge in [-0.2, -0.15) is 0 Å². The number of hydrogen-bond acceptors (Lipinski definition) is 4. The van der Waals surface area contributed by atoms with Crippen LogP contribution >= 0.6 is 0 Å². The number of aliphatic hydroxyl groups is 3. The molecular weight excluding hydrogens is 354 g/mol. The number of rotatable bonds is 1. The van der Waals surface area contributed by atoms with Crippen LogP contribution in [0, 0.1) is 34.5 Å². The molecule has 0 bridgehead atoms. The first-order valence-electron chi connectivity index (χ1n) is 11.3. The van der Waals surface area contributed by atoms with Gasteiger partial charge in [-0.1, -0.05) is 13.8 Å². The Kier molecular flexibility index (Phi) is 4.12. The maximum Gasteiger partial charge on any atom is 0.244 e. The third-order valence-corrected chi connectivity index (χ3v) is 10.1. The van der Waals surface area contributed by atoms with E-state index in [1.807, 2.05) is 0 Å². The van der Waals surface area contributed by atoms with E-state index in [0.717, 1.165) is 50.5 Å². The highest BCUT2D eigenvalue weighted by molar-refractivity contribution is 5.91. The number of carbonyl (C=O) groups excluding carboxylic acids is 1. The van der Waals surface area contributed by atoms with E-state index in [0.29, 0.717) is 24.8 Å². The van der Waals surface area contributed by atoms with Crippen molar-refractivity contribution >= 4 is 5.91 Å². The Morgan fingerprint density at radius 1 is 1.04 bits per heavy atom. The molecule has 0 aromatic rings. The van der Waals surface area contributed by atoms with Crippen LogP contribution in [0.15, 0.2) is 11.6 Å². The third-order valence-electron chi connectivity index (χ3n) is 10.1. The van der Waals surface area contributed by atoms with Crippen LogP contribution in [0.4, 0.5) is 0 Å². The summed E-state index contributed by atoms with van der Waals surface area (Å²) in [5.74, 6) is 1.02. The van der Waals surface area contributed by atoms with Crippen molar-refractivity contribution in [2.45, 2.75) is 83.0 Å². The van der Waals surface area contributed by atoms with Gasteiger partial charge in [-0.25, -0.2) is 0 Å². The molecule has 4 fully saturated rings. The van der Waals surface area contributed by atoms with Crippen LogP contribution in [0.5, 0.6) is 0 Å². The lowest BCUT2D eigenvalue weighted by Crippen LogP contribution is -2.67. The van der Waals surface area contributed by atoms with Gasteiger partial charge in [0, 0.05) is 18.0 Å². The summed E-state index contributed by atoms with van der Waals surface area (Å²) in [5, 5.41) is 36.7. The first-order valence-corrected chi connectivity index (χ1v) is 11.3. The highest BCUT2D eigenvalue weighted by atomic mass is 16.3. The summed E-state index contributed by atoms with van der Waals surface area (Å²) >= 11 is 0. The summed E-state index contributed by atoms with van der Waals surface area (Å²) in [6, 6.07) is 0. The van der Waals surface area contributed by atoms with Crippen LogP contribution in [0.3, 0.4) is 0 Å². The average molecular weight is 390 g/mol. The minimum absolute atomic E-state index is 0.0500. The maximum absolute atomic E-state index is 12.1. The van der Waals surface area contributed by atoms with Gasteiger partial charge < -0.3 is 20.6 Å². The number of carbonyl (C=O) groups is 1. The molecule has 0 unspecified atom stereocenters. The van der Waals surface area contributed by atoms with Crippen LogP contribution in [0.1, 0.15) is 65.2 Å². The quantitative estimate of drug-likeness (QED) is 0.553. The Balaban J connectivity index is 1.51. The number of aliphatic hydroxyl groups excluding tert-OH is 2. The Morgan fingerprint density at radius 3 is 2.54 bits per heavy atom. The average Bonchev–Trinajstić information content (AvgIpc) is 3.19. The van der Waals surface area contributed by atoms with Crippen molar-refractivity contribution in [2.75, 3.05) is 6.54 Å². The Labute approximate surface area is 167 Å². The van der Waals surface area contributed by atoms with Crippen molar-refractivity contribution in [3.8, 4) is 0 Å².